The molecule has 0 amide bonds. The van der Waals surface area contributed by atoms with Crippen LogP contribution in [0.5, 0.6) is 0 Å². The van der Waals surface area contributed by atoms with Crippen molar-refractivity contribution in [2.24, 2.45) is 5.92 Å². The maximum absolute atomic E-state index is 12.7. The van der Waals surface area contributed by atoms with Crippen molar-refractivity contribution in [3.63, 3.8) is 0 Å². The van der Waals surface area contributed by atoms with Crippen LogP contribution in [-0.4, -0.2) is 34.6 Å². The molecule has 1 atom stereocenters. The third-order valence-corrected chi connectivity index (χ3v) is 7.23. The summed E-state index contributed by atoms with van der Waals surface area (Å²) in [6, 6.07) is 0.698. The van der Waals surface area contributed by atoms with Gasteiger partial charge in [-0.25, -0.2) is 4.98 Å². The lowest BCUT2D eigenvalue weighted by Gasteiger charge is -2.35. The van der Waals surface area contributed by atoms with E-state index in [0.717, 1.165) is 45.8 Å². The van der Waals surface area contributed by atoms with Gasteiger partial charge in [0.25, 0.3) is 5.56 Å². The largest absolute Gasteiger partial charge is 0.320 e. The fraction of sp³-hybridized carbons (Fsp3) is 0.684. The monoisotopic (exact) mass is 346 g/mol. The molecule has 1 saturated carbocycles. The number of hydrogen-bond donors (Lipinski definition) is 1. The Morgan fingerprint density at radius 1 is 1.25 bits per heavy atom. The number of fused-ring (bicyclic) bond motifs is 3. The van der Waals surface area contributed by atoms with Crippen molar-refractivity contribution in [1.82, 2.24) is 9.97 Å². The molecule has 2 heterocycles. The van der Waals surface area contributed by atoms with E-state index in [9.17, 15) is 4.79 Å². The minimum absolute atomic E-state index is 0.0773. The Balaban J connectivity index is 1.69. The van der Waals surface area contributed by atoms with E-state index in [0.29, 0.717) is 6.04 Å². The highest BCUT2D eigenvalue weighted by Gasteiger charge is 2.32. The number of thiophene rings is 1. The number of nitrogens with one attached hydrogen (secondary N) is 1. The summed E-state index contributed by atoms with van der Waals surface area (Å²) in [5.74, 6) is 1.58. The van der Waals surface area contributed by atoms with Crippen molar-refractivity contribution < 1.29 is 4.48 Å². The zero-order valence-electron chi connectivity index (χ0n) is 15.0. The second kappa shape index (κ2) is 5.95. The third-order valence-electron chi connectivity index (χ3n) is 6.08. The van der Waals surface area contributed by atoms with E-state index in [4.69, 9.17) is 4.98 Å². The molecule has 1 N–H and O–H groups in total. The van der Waals surface area contributed by atoms with Crippen molar-refractivity contribution in [3.05, 3.63) is 26.6 Å². The van der Waals surface area contributed by atoms with E-state index in [1.165, 1.54) is 42.5 Å². The molecule has 4 nitrogen and oxygen atoms in total. The Bertz CT molecular complexity index is 814. The summed E-state index contributed by atoms with van der Waals surface area (Å²) < 4.78 is 0.927. The minimum atomic E-state index is 0.0773. The van der Waals surface area contributed by atoms with Gasteiger partial charge >= 0.3 is 0 Å². The highest BCUT2D eigenvalue weighted by molar-refractivity contribution is 7.18. The molecular formula is C19H28N3OS+. The third kappa shape index (κ3) is 2.82. The van der Waals surface area contributed by atoms with Crippen LogP contribution >= 0.6 is 11.3 Å². The van der Waals surface area contributed by atoms with E-state index in [1.807, 2.05) is 0 Å². The summed E-state index contributed by atoms with van der Waals surface area (Å²) >= 11 is 1.75. The Morgan fingerprint density at radius 2 is 2.00 bits per heavy atom. The molecule has 0 aromatic carbocycles. The molecule has 1 fully saturated rings. The Morgan fingerprint density at radius 3 is 2.75 bits per heavy atom. The summed E-state index contributed by atoms with van der Waals surface area (Å²) in [6.07, 6.45) is 8.59. The van der Waals surface area contributed by atoms with Crippen LogP contribution in [0.4, 0.5) is 0 Å². The normalized spacial score (nSPS) is 22.2. The molecule has 24 heavy (non-hydrogen) atoms. The van der Waals surface area contributed by atoms with Crippen LogP contribution < -0.4 is 5.56 Å². The van der Waals surface area contributed by atoms with Crippen molar-refractivity contribution in [2.45, 2.75) is 64.5 Å². The number of quaternary nitrogens is 1. The lowest BCUT2D eigenvalue weighted by Crippen LogP contribution is -2.47. The van der Waals surface area contributed by atoms with E-state index in [1.54, 1.807) is 11.3 Å². The number of aromatic nitrogens is 2. The quantitative estimate of drug-likeness (QED) is 0.863. The van der Waals surface area contributed by atoms with Gasteiger partial charge in [-0.1, -0.05) is 6.92 Å². The van der Waals surface area contributed by atoms with Crippen molar-refractivity contribution >= 4 is 21.6 Å². The zero-order chi connectivity index (χ0) is 16.9. The zero-order valence-corrected chi connectivity index (χ0v) is 15.8. The fourth-order valence-corrected chi connectivity index (χ4v) is 5.99. The maximum Gasteiger partial charge on any atom is 0.260 e. The first kappa shape index (κ1) is 16.3. The topological polar surface area (TPSA) is 45.8 Å². The molecule has 0 bridgehead atoms. The average molecular weight is 347 g/mol. The highest BCUT2D eigenvalue weighted by Crippen LogP contribution is 2.36. The van der Waals surface area contributed by atoms with E-state index in [-0.39, 0.29) is 5.56 Å². The molecule has 0 spiro atoms. The smallest absolute Gasteiger partial charge is 0.260 e. The molecule has 2 aliphatic carbocycles. The SMILES string of the molecule is C[C@H]1CCc2c(sc3nc(C[N+](C)(C)C4CCCC4)[nH]c(=O)c23)C1. The first-order valence-corrected chi connectivity index (χ1v) is 10.1. The molecule has 2 aromatic rings. The molecule has 5 heteroatoms. The molecule has 0 aliphatic heterocycles. The first-order valence-electron chi connectivity index (χ1n) is 9.30. The van der Waals surface area contributed by atoms with Gasteiger partial charge in [0, 0.05) is 4.88 Å². The Hall–Kier alpha value is -1.20. The van der Waals surface area contributed by atoms with Gasteiger partial charge in [0.15, 0.2) is 5.82 Å². The molecule has 4 rings (SSSR count). The van der Waals surface area contributed by atoms with Crippen LogP contribution in [0.1, 0.15) is 55.3 Å². The summed E-state index contributed by atoms with van der Waals surface area (Å²) in [5.41, 5.74) is 1.35. The molecule has 0 radical (unpaired) electrons. The number of H-pyrrole nitrogens is 1. The van der Waals surface area contributed by atoms with Crippen molar-refractivity contribution in [3.8, 4) is 0 Å². The van der Waals surface area contributed by atoms with Gasteiger partial charge in [0.1, 0.15) is 11.4 Å². The van der Waals surface area contributed by atoms with Gasteiger partial charge in [-0.15, -0.1) is 11.3 Å². The first-order chi connectivity index (χ1) is 11.4. The second-order valence-electron chi connectivity index (χ2n) is 8.42. The lowest BCUT2D eigenvalue weighted by atomic mass is 9.89. The molecule has 2 aromatic heterocycles. The number of rotatable bonds is 3. The van der Waals surface area contributed by atoms with E-state index in [2.05, 4.69) is 26.0 Å². The minimum Gasteiger partial charge on any atom is -0.320 e. The summed E-state index contributed by atoms with van der Waals surface area (Å²) in [7, 11) is 4.56. The van der Waals surface area contributed by atoms with Gasteiger partial charge < -0.3 is 9.47 Å². The molecular weight excluding hydrogens is 318 g/mol. The maximum atomic E-state index is 12.7. The summed E-state index contributed by atoms with van der Waals surface area (Å²) in [5, 5.41) is 0.872. The molecule has 0 unspecified atom stereocenters. The predicted molar refractivity (Wildman–Crippen MR) is 99.5 cm³/mol. The van der Waals surface area contributed by atoms with E-state index >= 15 is 0 Å². The van der Waals surface area contributed by atoms with Crippen molar-refractivity contribution in [2.75, 3.05) is 14.1 Å². The predicted octanol–water partition coefficient (Wildman–Crippen LogP) is 3.63. The molecule has 2 aliphatic rings. The van der Waals surface area contributed by atoms with Crippen LogP contribution in [-0.2, 0) is 19.4 Å². The number of aryl methyl sites for hydroxylation is 1. The van der Waals surface area contributed by atoms with Gasteiger partial charge in [-0.2, -0.15) is 0 Å². The molecule has 130 valence electrons. The standard InChI is InChI=1S/C19H27N3OS/c1-12-8-9-14-15(10-12)24-19-17(14)18(23)20-16(21-19)11-22(2,3)13-6-4-5-7-13/h12-13H,4-11H2,1-3H3/p+1/t12-/m0/s1. The Kier molecular flexibility index (Phi) is 4.04. The van der Waals surface area contributed by atoms with Crippen LogP contribution in [0.25, 0.3) is 10.2 Å². The van der Waals surface area contributed by atoms with Gasteiger partial charge in [-0.05, 0) is 56.4 Å². The summed E-state index contributed by atoms with van der Waals surface area (Å²) in [6.45, 7) is 3.12. The van der Waals surface area contributed by atoms with Gasteiger partial charge in [0.2, 0.25) is 0 Å². The van der Waals surface area contributed by atoms with E-state index < -0.39 is 0 Å². The van der Waals surface area contributed by atoms with Gasteiger partial charge in [-0.3, -0.25) is 4.79 Å². The number of hydrogen-bond acceptors (Lipinski definition) is 3. The van der Waals surface area contributed by atoms with Crippen molar-refractivity contribution in [1.29, 1.82) is 0 Å². The average Bonchev–Trinajstić information content (AvgIpc) is 3.13. The van der Waals surface area contributed by atoms with Gasteiger partial charge in [0.05, 0.1) is 25.5 Å². The molecule has 0 saturated heterocycles. The fourth-order valence-electron chi connectivity index (χ4n) is 4.59. The van der Waals surface area contributed by atoms with Crippen LogP contribution in [0.15, 0.2) is 4.79 Å². The van der Waals surface area contributed by atoms with Crippen LogP contribution in [0.3, 0.4) is 0 Å². The second-order valence-corrected chi connectivity index (χ2v) is 9.50. The Labute approximate surface area is 147 Å². The number of nitrogens with zero attached hydrogens (tertiary/aromatic N) is 2. The lowest BCUT2D eigenvalue weighted by molar-refractivity contribution is -0.927. The summed E-state index contributed by atoms with van der Waals surface area (Å²) in [4.78, 5) is 23.0. The van der Waals surface area contributed by atoms with Crippen LogP contribution in [0.2, 0.25) is 0 Å². The highest BCUT2D eigenvalue weighted by atomic mass is 32.1. The van der Waals surface area contributed by atoms with Crippen LogP contribution in [0, 0.1) is 5.92 Å². The number of aromatic amines is 1.